The van der Waals surface area contributed by atoms with E-state index < -0.39 is 0 Å². The molecule has 0 aliphatic rings. The molecule has 6 nitrogen and oxygen atoms in total. The number of hydrogen-bond acceptors (Lipinski definition) is 6. The molecular formula is C16H19N3O3. The first-order valence-corrected chi connectivity index (χ1v) is 7.35. The van der Waals surface area contributed by atoms with Crippen molar-refractivity contribution in [2.45, 2.75) is 33.4 Å². The van der Waals surface area contributed by atoms with Crippen LogP contribution in [0.4, 0.5) is 0 Å². The molecule has 1 N–H and O–H groups in total. The zero-order valence-electron chi connectivity index (χ0n) is 12.9. The van der Waals surface area contributed by atoms with Crippen molar-refractivity contribution >= 4 is 11.0 Å². The third kappa shape index (κ3) is 2.96. The highest BCUT2D eigenvalue weighted by molar-refractivity contribution is 5.83. The van der Waals surface area contributed by atoms with Crippen molar-refractivity contribution in [2.24, 2.45) is 0 Å². The number of ether oxygens (including phenoxy) is 1. The summed E-state index contributed by atoms with van der Waals surface area (Å²) < 4.78 is 16.5. The minimum atomic E-state index is 0.0284. The van der Waals surface area contributed by atoms with Crippen molar-refractivity contribution in [3.63, 3.8) is 0 Å². The molecule has 116 valence electrons. The van der Waals surface area contributed by atoms with E-state index in [4.69, 9.17) is 13.7 Å². The number of nitrogens with one attached hydrogen (secondary N) is 1. The van der Waals surface area contributed by atoms with Crippen LogP contribution in [0.25, 0.3) is 11.0 Å². The first-order valence-electron chi connectivity index (χ1n) is 7.35. The van der Waals surface area contributed by atoms with E-state index in [9.17, 15) is 0 Å². The standard InChI is InChI=1S/C16H19N3O3/c1-4-20-13-7-5-6-12-8-14(21-16(12)13)10(2)17-9-15-18-11(3)22-19-15/h5-8,10,17H,4,9H2,1-3H3/t10-/m1/s1. The summed E-state index contributed by atoms with van der Waals surface area (Å²) >= 11 is 0. The summed E-state index contributed by atoms with van der Waals surface area (Å²) in [5.74, 6) is 2.82. The number of nitrogens with zero attached hydrogens (tertiary/aromatic N) is 2. The predicted octanol–water partition coefficient (Wildman–Crippen LogP) is 3.37. The molecule has 6 heteroatoms. The Hall–Kier alpha value is -2.34. The van der Waals surface area contributed by atoms with Crippen LogP contribution in [-0.2, 0) is 6.54 Å². The SMILES string of the molecule is CCOc1cccc2cc([C@@H](C)NCc3noc(C)n3)oc12. The Morgan fingerprint density at radius 2 is 2.23 bits per heavy atom. The van der Waals surface area contributed by atoms with E-state index in [-0.39, 0.29) is 6.04 Å². The summed E-state index contributed by atoms with van der Waals surface area (Å²) in [5, 5.41) is 8.22. The molecule has 0 amide bonds. The highest BCUT2D eigenvalue weighted by atomic mass is 16.5. The van der Waals surface area contributed by atoms with E-state index >= 15 is 0 Å². The lowest BCUT2D eigenvalue weighted by Gasteiger charge is -2.09. The summed E-state index contributed by atoms with van der Waals surface area (Å²) in [7, 11) is 0. The van der Waals surface area contributed by atoms with Gasteiger partial charge in [-0.3, -0.25) is 0 Å². The second-order valence-corrected chi connectivity index (χ2v) is 5.09. The van der Waals surface area contributed by atoms with Gasteiger partial charge >= 0.3 is 0 Å². The number of aryl methyl sites for hydroxylation is 1. The van der Waals surface area contributed by atoms with Gasteiger partial charge in [-0.05, 0) is 26.0 Å². The topological polar surface area (TPSA) is 73.3 Å². The maximum absolute atomic E-state index is 5.96. The Morgan fingerprint density at radius 1 is 1.36 bits per heavy atom. The first-order chi connectivity index (χ1) is 10.7. The van der Waals surface area contributed by atoms with Gasteiger partial charge in [-0.1, -0.05) is 17.3 Å². The largest absolute Gasteiger partial charge is 0.490 e. The molecule has 0 fully saturated rings. The molecule has 0 aliphatic carbocycles. The highest BCUT2D eigenvalue weighted by Gasteiger charge is 2.14. The Bertz CT molecular complexity index is 763. The lowest BCUT2D eigenvalue weighted by molar-refractivity contribution is 0.335. The molecule has 0 bridgehead atoms. The Labute approximate surface area is 128 Å². The van der Waals surface area contributed by atoms with E-state index in [1.807, 2.05) is 38.1 Å². The summed E-state index contributed by atoms with van der Waals surface area (Å²) in [6.07, 6.45) is 0. The predicted molar refractivity (Wildman–Crippen MR) is 81.7 cm³/mol. The van der Waals surface area contributed by atoms with Crippen LogP contribution in [0, 0.1) is 6.92 Å². The van der Waals surface area contributed by atoms with Gasteiger partial charge in [0.05, 0.1) is 19.2 Å². The molecule has 0 saturated carbocycles. The Balaban J connectivity index is 1.76. The maximum Gasteiger partial charge on any atom is 0.223 e. The molecule has 1 atom stereocenters. The van der Waals surface area contributed by atoms with Crippen LogP contribution in [0.1, 0.15) is 37.4 Å². The van der Waals surface area contributed by atoms with Crippen molar-refractivity contribution in [1.82, 2.24) is 15.5 Å². The summed E-state index contributed by atoms with van der Waals surface area (Å²) in [5.41, 5.74) is 0.781. The van der Waals surface area contributed by atoms with Crippen molar-refractivity contribution in [3.8, 4) is 5.75 Å². The molecule has 0 saturated heterocycles. The molecule has 0 unspecified atom stereocenters. The third-order valence-corrected chi connectivity index (χ3v) is 3.39. The van der Waals surface area contributed by atoms with Crippen molar-refractivity contribution in [2.75, 3.05) is 6.61 Å². The minimum absolute atomic E-state index is 0.0284. The van der Waals surface area contributed by atoms with Gasteiger partial charge in [0.25, 0.3) is 0 Å². The van der Waals surface area contributed by atoms with Gasteiger partial charge in [0.15, 0.2) is 17.2 Å². The first kappa shape index (κ1) is 14.6. The van der Waals surface area contributed by atoms with Crippen LogP contribution < -0.4 is 10.1 Å². The smallest absolute Gasteiger partial charge is 0.223 e. The lowest BCUT2D eigenvalue weighted by Crippen LogP contribution is -2.18. The fraction of sp³-hybridized carbons (Fsp3) is 0.375. The Kier molecular flexibility index (Phi) is 4.11. The number of benzene rings is 1. The van der Waals surface area contributed by atoms with Crippen LogP contribution in [0.5, 0.6) is 5.75 Å². The zero-order valence-corrected chi connectivity index (χ0v) is 12.9. The normalized spacial score (nSPS) is 12.7. The summed E-state index contributed by atoms with van der Waals surface area (Å²) in [6, 6.07) is 7.95. The van der Waals surface area contributed by atoms with Gasteiger partial charge < -0.3 is 19.0 Å². The van der Waals surface area contributed by atoms with Gasteiger partial charge in [-0.2, -0.15) is 4.98 Å². The van der Waals surface area contributed by atoms with Crippen molar-refractivity contribution in [1.29, 1.82) is 0 Å². The molecule has 3 rings (SSSR count). The molecular weight excluding hydrogens is 282 g/mol. The second kappa shape index (κ2) is 6.19. The summed E-state index contributed by atoms with van der Waals surface area (Å²) in [6.45, 7) is 6.90. The van der Waals surface area contributed by atoms with E-state index in [1.165, 1.54) is 0 Å². The molecule has 3 aromatic rings. The fourth-order valence-corrected chi connectivity index (χ4v) is 2.30. The molecule has 2 aromatic heterocycles. The average molecular weight is 301 g/mol. The van der Waals surface area contributed by atoms with Crippen LogP contribution in [0.15, 0.2) is 33.2 Å². The van der Waals surface area contributed by atoms with E-state index in [0.29, 0.717) is 24.9 Å². The molecule has 0 radical (unpaired) electrons. The van der Waals surface area contributed by atoms with Crippen molar-refractivity contribution < 1.29 is 13.7 Å². The number of furan rings is 1. The monoisotopic (exact) mass is 301 g/mol. The van der Waals surface area contributed by atoms with Gasteiger partial charge in [0.2, 0.25) is 5.89 Å². The zero-order chi connectivity index (χ0) is 15.5. The maximum atomic E-state index is 5.96. The molecule has 0 aliphatic heterocycles. The van der Waals surface area contributed by atoms with Crippen LogP contribution in [0.2, 0.25) is 0 Å². The van der Waals surface area contributed by atoms with Gasteiger partial charge in [-0.25, -0.2) is 0 Å². The molecule has 22 heavy (non-hydrogen) atoms. The van der Waals surface area contributed by atoms with Gasteiger partial charge in [0.1, 0.15) is 5.76 Å². The second-order valence-electron chi connectivity index (χ2n) is 5.09. The van der Waals surface area contributed by atoms with Gasteiger partial charge in [-0.15, -0.1) is 0 Å². The molecule has 1 aromatic carbocycles. The van der Waals surface area contributed by atoms with Crippen LogP contribution in [-0.4, -0.2) is 16.7 Å². The number of rotatable bonds is 6. The third-order valence-electron chi connectivity index (χ3n) is 3.39. The number of aromatic nitrogens is 2. The number of fused-ring (bicyclic) bond motifs is 1. The molecule has 0 spiro atoms. The fourth-order valence-electron chi connectivity index (χ4n) is 2.30. The lowest BCUT2D eigenvalue weighted by atomic mass is 10.2. The average Bonchev–Trinajstić information content (AvgIpc) is 3.12. The minimum Gasteiger partial charge on any atom is -0.490 e. The van der Waals surface area contributed by atoms with Gasteiger partial charge in [0, 0.05) is 12.3 Å². The van der Waals surface area contributed by atoms with Crippen LogP contribution in [0.3, 0.4) is 0 Å². The van der Waals surface area contributed by atoms with E-state index in [1.54, 1.807) is 6.92 Å². The van der Waals surface area contributed by atoms with Crippen LogP contribution >= 0.6 is 0 Å². The van der Waals surface area contributed by atoms with E-state index in [2.05, 4.69) is 15.5 Å². The summed E-state index contributed by atoms with van der Waals surface area (Å²) in [4.78, 5) is 4.17. The number of para-hydroxylation sites is 1. The highest BCUT2D eigenvalue weighted by Crippen LogP contribution is 2.31. The quantitative estimate of drug-likeness (QED) is 0.752. The van der Waals surface area contributed by atoms with E-state index in [0.717, 1.165) is 22.5 Å². The Morgan fingerprint density at radius 3 is 2.95 bits per heavy atom. The van der Waals surface area contributed by atoms with Crippen molar-refractivity contribution in [3.05, 3.63) is 41.7 Å². The molecule has 2 heterocycles. The number of hydrogen-bond donors (Lipinski definition) is 1.